The van der Waals surface area contributed by atoms with Crippen LogP contribution >= 0.6 is 0 Å². The molecule has 33 heavy (non-hydrogen) atoms. The summed E-state index contributed by atoms with van der Waals surface area (Å²) in [6.07, 6.45) is 4.24. The Balaban J connectivity index is 1.44. The molecular weight excluding hydrogens is 422 g/mol. The molecule has 0 amide bonds. The topological polar surface area (TPSA) is 87.0 Å². The zero-order valence-electron chi connectivity index (χ0n) is 19.9. The molecule has 3 heterocycles. The Labute approximate surface area is 194 Å². The van der Waals surface area contributed by atoms with E-state index in [1.54, 1.807) is 12.1 Å². The van der Waals surface area contributed by atoms with Crippen molar-refractivity contribution in [3.63, 3.8) is 0 Å². The summed E-state index contributed by atoms with van der Waals surface area (Å²) in [6.45, 7) is 12.9. The van der Waals surface area contributed by atoms with Gasteiger partial charge in [-0.1, -0.05) is 19.9 Å². The Hall–Kier alpha value is -2.64. The number of carbonyl (C=O) groups excluding carboxylic acids is 1. The van der Waals surface area contributed by atoms with E-state index in [1.165, 1.54) is 0 Å². The van der Waals surface area contributed by atoms with Crippen LogP contribution in [0.3, 0.4) is 0 Å². The number of hydrogen-bond acceptors (Lipinski definition) is 7. The average Bonchev–Trinajstić information content (AvgIpc) is 3.41. The van der Waals surface area contributed by atoms with Crippen LogP contribution in [0.25, 0.3) is 11.0 Å². The summed E-state index contributed by atoms with van der Waals surface area (Å²) in [5, 5.41) is 3.95. The molecule has 1 saturated heterocycles. The molecule has 0 aliphatic carbocycles. The number of rotatable bonds is 8. The van der Waals surface area contributed by atoms with Crippen molar-refractivity contribution in [3.8, 4) is 5.75 Å². The largest absolute Gasteiger partial charge is 0.485 e. The Morgan fingerprint density at radius 2 is 2.06 bits per heavy atom. The average molecular weight is 456 g/mol. The van der Waals surface area contributed by atoms with E-state index >= 15 is 0 Å². The monoisotopic (exact) mass is 455 g/mol. The molecule has 7 heteroatoms. The molecule has 4 rings (SSSR count). The molecule has 1 aromatic heterocycles. The second kappa shape index (κ2) is 8.95. The highest BCUT2D eigenvalue weighted by Crippen LogP contribution is 2.38. The summed E-state index contributed by atoms with van der Waals surface area (Å²) in [5.74, 6) is 0.317. The van der Waals surface area contributed by atoms with Gasteiger partial charge in [-0.2, -0.15) is 0 Å². The van der Waals surface area contributed by atoms with Crippen LogP contribution in [0.15, 0.2) is 40.1 Å². The SMILES string of the molecule is C=CC(C)(C)c1cc2cc3c(cc2oc1=O)O[C@@H](C(C)(C)OC(=O)CNCC1CCCO1)C3. The van der Waals surface area contributed by atoms with Gasteiger partial charge in [0.05, 0.1) is 12.6 Å². The molecule has 0 spiro atoms. The van der Waals surface area contributed by atoms with E-state index in [1.807, 2.05) is 39.8 Å². The minimum Gasteiger partial charge on any atom is -0.485 e. The molecule has 2 aliphatic rings. The van der Waals surface area contributed by atoms with Crippen LogP contribution in [0.2, 0.25) is 0 Å². The lowest BCUT2D eigenvalue weighted by molar-refractivity contribution is -0.163. The molecule has 1 N–H and O–H groups in total. The summed E-state index contributed by atoms with van der Waals surface area (Å²) in [4.78, 5) is 24.9. The van der Waals surface area contributed by atoms with Gasteiger partial charge < -0.3 is 23.9 Å². The van der Waals surface area contributed by atoms with Crippen LogP contribution in [0.1, 0.15) is 51.7 Å². The molecule has 2 atom stereocenters. The maximum atomic E-state index is 12.5. The van der Waals surface area contributed by atoms with Crippen molar-refractivity contribution in [2.24, 2.45) is 0 Å². The lowest BCUT2D eigenvalue weighted by Crippen LogP contribution is -2.45. The summed E-state index contributed by atoms with van der Waals surface area (Å²) >= 11 is 0. The highest BCUT2D eigenvalue weighted by atomic mass is 16.6. The molecule has 178 valence electrons. The Morgan fingerprint density at radius 1 is 1.27 bits per heavy atom. The normalized spacial score (nSPS) is 20.5. The van der Waals surface area contributed by atoms with Crippen molar-refractivity contribution in [2.75, 3.05) is 19.7 Å². The highest BCUT2D eigenvalue weighted by Gasteiger charge is 2.40. The van der Waals surface area contributed by atoms with Crippen molar-refractivity contribution < 1.29 is 23.4 Å². The third kappa shape index (κ3) is 4.99. The maximum absolute atomic E-state index is 12.5. The summed E-state index contributed by atoms with van der Waals surface area (Å²) in [6, 6.07) is 5.59. The lowest BCUT2D eigenvalue weighted by atomic mass is 9.85. The predicted molar refractivity (Wildman–Crippen MR) is 126 cm³/mol. The van der Waals surface area contributed by atoms with Crippen LogP contribution in [-0.2, 0) is 26.1 Å². The van der Waals surface area contributed by atoms with Gasteiger partial charge in [-0.3, -0.25) is 4.79 Å². The van der Waals surface area contributed by atoms with Gasteiger partial charge >= 0.3 is 11.6 Å². The van der Waals surface area contributed by atoms with Gasteiger partial charge in [0.2, 0.25) is 0 Å². The summed E-state index contributed by atoms with van der Waals surface area (Å²) in [5.41, 5.74) is 0.309. The number of fused-ring (bicyclic) bond motifs is 2. The third-order valence-corrected chi connectivity index (χ3v) is 6.61. The van der Waals surface area contributed by atoms with E-state index in [-0.39, 0.29) is 30.3 Å². The zero-order valence-corrected chi connectivity index (χ0v) is 19.9. The van der Waals surface area contributed by atoms with Crippen molar-refractivity contribution in [2.45, 2.75) is 70.2 Å². The first kappa shape index (κ1) is 23.5. The standard InChI is InChI=1S/C26H33NO6/c1-6-25(2,3)19-11-16-10-17-12-22(31-20(17)13-21(16)32-24(19)29)26(4,5)33-23(28)15-27-14-18-8-7-9-30-18/h6,10-11,13,18,22,27H,1,7-9,12,14-15H2,2-5H3/t18?,22-/m1/s1. The van der Waals surface area contributed by atoms with Gasteiger partial charge in [0, 0.05) is 42.0 Å². The van der Waals surface area contributed by atoms with Gasteiger partial charge in [0.1, 0.15) is 23.0 Å². The first-order valence-electron chi connectivity index (χ1n) is 11.5. The Morgan fingerprint density at radius 3 is 2.76 bits per heavy atom. The number of nitrogens with one attached hydrogen (secondary N) is 1. The fourth-order valence-corrected chi connectivity index (χ4v) is 4.34. The molecular formula is C26H33NO6. The minimum atomic E-state index is -0.829. The second-order valence-electron chi connectivity index (χ2n) is 10.0. The number of carbonyl (C=O) groups is 1. The van der Waals surface area contributed by atoms with Crippen LogP contribution < -0.4 is 15.7 Å². The molecule has 1 unspecified atom stereocenters. The second-order valence-corrected chi connectivity index (χ2v) is 10.0. The summed E-state index contributed by atoms with van der Waals surface area (Å²) < 4.78 is 23.0. The van der Waals surface area contributed by atoms with Crippen LogP contribution in [0.5, 0.6) is 5.75 Å². The van der Waals surface area contributed by atoms with Crippen molar-refractivity contribution in [1.82, 2.24) is 5.32 Å². The van der Waals surface area contributed by atoms with E-state index in [4.69, 9.17) is 18.6 Å². The smallest absolute Gasteiger partial charge is 0.340 e. The van der Waals surface area contributed by atoms with Crippen LogP contribution in [-0.4, -0.2) is 43.5 Å². The van der Waals surface area contributed by atoms with Crippen molar-refractivity contribution in [1.29, 1.82) is 0 Å². The fraction of sp³-hybridized carbons (Fsp3) is 0.538. The third-order valence-electron chi connectivity index (χ3n) is 6.61. The van der Waals surface area contributed by atoms with Gasteiger partial charge in [-0.25, -0.2) is 4.79 Å². The molecule has 2 aromatic rings. The van der Waals surface area contributed by atoms with E-state index in [0.29, 0.717) is 29.9 Å². The lowest BCUT2D eigenvalue weighted by Gasteiger charge is -2.30. The quantitative estimate of drug-likeness (QED) is 0.369. The van der Waals surface area contributed by atoms with Gasteiger partial charge in [0.15, 0.2) is 0 Å². The van der Waals surface area contributed by atoms with Gasteiger partial charge in [-0.15, -0.1) is 6.58 Å². The molecule has 1 aromatic carbocycles. The minimum absolute atomic E-state index is 0.125. The first-order chi connectivity index (χ1) is 15.6. The molecule has 0 bridgehead atoms. The van der Waals surface area contributed by atoms with E-state index < -0.39 is 11.0 Å². The molecule has 2 aliphatic heterocycles. The van der Waals surface area contributed by atoms with E-state index in [2.05, 4.69) is 11.9 Å². The fourth-order valence-electron chi connectivity index (χ4n) is 4.34. The maximum Gasteiger partial charge on any atom is 0.340 e. The first-order valence-corrected chi connectivity index (χ1v) is 11.5. The van der Waals surface area contributed by atoms with Crippen molar-refractivity contribution >= 4 is 16.9 Å². The zero-order chi connectivity index (χ0) is 23.8. The predicted octanol–water partition coefficient (Wildman–Crippen LogP) is 3.65. The number of benzene rings is 1. The number of allylic oxidation sites excluding steroid dienone is 1. The van der Waals surface area contributed by atoms with Crippen LogP contribution in [0.4, 0.5) is 0 Å². The molecule has 7 nitrogen and oxygen atoms in total. The molecule has 0 saturated carbocycles. The highest BCUT2D eigenvalue weighted by molar-refractivity contribution is 5.81. The Bertz CT molecular complexity index is 1110. The van der Waals surface area contributed by atoms with Gasteiger partial charge in [0.25, 0.3) is 0 Å². The number of hydrogen-bond donors (Lipinski definition) is 1. The van der Waals surface area contributed by atoms with Crippen molar-refractivity contribution in [3.05, 3.63) is 52.4 Å². The van der Waals surface area contributed by atoms with Gasteiger partial charge in [-0.05, 0) is 44.4 Å². The van der Waals surface area contributed by atoms with E-state index in [9.17, 15) is 9.59 Å². The van der Waals surface area contributed by atoms with Crippen LogP contribution in [0, 0.1) is 0 Å². The summed E-state index contributed by atoms with van der Waals surface area (Å²) in [7, 11) is 0. The Kier molecular flexibility index (Phi) is 6.38. The van der Waals surface area contributed by atoms with E-state index in [0.717, 1.165) is 30.4 Å². The number of esters is 1. The molecule has 0 radical (unpaired) electrons. The number of ether oxygens (including phenoxy) is 3. The molecule has 1 fully saturated rings.